The first-order valence-corrected chi connectivity index (χ1v) is 8.03. The maximum absolute atomic E-state index is 11.9. The van der Waals surface area contributed by atoms with E-state index in [1.165, 1.54) is 0 Å². The van der Waals surface area contributed by atoms with E-state index in [1.807, 2.05) is 48.5 Å². The first-order chi connectivity index (χ1) is 10.6. The van der Waals surface area contributed by atoms with Crippen molar-refractivity contribution in [2.24, 2.45) is 0 Å². The van der Waals surface area contributed by atoms with Crippen LogP contribution in [0.3, 0.4) is 0 Å². The van der Waals surface area contributed by atoms with Crippen molar-refractivity contribution in [2.75, 3.05) is 6.61 Å². The smallest absolute Gasteiger partial charge is 0.338 e. The average molecular weight is 408 g/mol. The molecule has 0 aliphatic carbocycles. The number of hydrogen-bond donors (Lipinski definition) is 0. The predicted octanol–water partition coefficient (Wildman–Crippen LogP) is 4.45. The molecule has 2 aromatic carbocycles. The zero-order valence-corrected chi connectivity index (χ0v) is 14.5. The van der Waals surface area contributed by atoms with Crippen molar-refractivity contribution in [2.45, 2.75) is 13.5 Å². The second-order valence-electron chi connectivity index (χ2n) is 4.58. The number of ether oxygens (including phenoxy) is 2. The molecule has 0 aliphatic heterocycles. The van der Waals surface area contributed by atoms with E-state index >= 15 is 0 Å². The molecule has 0 heterocycles. The molecular weight excluding hydrogens is 391 g/mol. The summed E-state index contributed by atoms with van der Waals surface area (Å²) in [5, 5.41) is 0. The van der Waals surface area contributed by atoms with Crippen LogP contribution in [0.4, 0.5) is 0 Å². The van der Waals surface area contributed by atoms with Crippen LogP contribution in [-0.4, -0.2) is 12.6 Å². The van der Waals surface area contributed by atoms with Gasteiger partial charge in [-0.25, -0.2) is 4.79 Å². The van der Waals surface area contributed by atoms with Crippen molar-refractivity contribution >= 4 is 34.1 Å². The molecule has 0 saturated heterocycles. The van der Waals surface area contributed by atoms with Gasteiger partial charge in [0, 0.05) is 0 Å². The van der Waals surface area contributed by atoms with Crippen LogP contribution in [0.2, 0.25) is 0 Å². The molecule has 22 heavy (non-hydrogen) atoms. The zero-order valence-electron chi connectivity index (χ0n) is 12.3. The van der Waals surface area contributed by atoms with Gasteiger partial charge in [-0.2, -0.15) is 0 Å². The van der Waals surface area contributed by atoms with Gasteiger partial charge in [0.2, 0.25) is 0 Å². The van der Waals surface area contributed by atoms with Crippen molar-refractivity contribution in [1.29, 1.82) is 0 Å². The molecule has 0 radical (unpaired) electrons. The van der Waals surface area contributed by atoms with Crippen molar-refractivity contribution in [1.82, 2.24) is 0 Å². The van der Waals surface area contributed by atoms with E-state index in [4.69, 9.17) is 9.47 Å². The van der Waals surface area contributed by atoms with Crippen LogP contribution in [0.5, 0.6) is 5.75 Å². The molecule has 0 saturated carbocycles. The number of carbonyl (C=O) groups excluding carboxylic acids is 1. The predicted molar refractivity (Wildman–Crippen MR) is 95.6 cm³/mol. The van der Waals surface area contributed by atoms with Crippen LogP contribution < -0.4 is 4.74 Å². The molecule has 2 rings (SSSR count). The van der Waals surface area contributed by atoms with Gasteiger partial charge in [-0.05, 0) is 52.8 Å². The Morgan fingerprint density at radius 3 is 2.55 bits per heavy atom. The minimum atomic E-state index is -0.399. The van der Waals surface area contributed by atoms with Crippen LogP contribution >= 0.6 is 22.6 Å². The summed E-state index contributed by atoms with van der Waals surface area (Å²) < 4.78 is 11.9. The molecule has 0 unspecified atom stereocenters. The number of rotatable bonds is 6. The molecular formula is C18H17IO3. The highest BCUT2D eigenvalue weighted by molar-refractivity contribution is 14.1. The van der Waals surface area contributed by atoms with Gasteiger partial charge < -0.3 is 9.47 Å². The molecule has 4 heteroatoms. The fourth-order valence-electron chi connectivity index (χ4n) is 1.99. The SMILES string of the molecule is C=C(C(=O)OCC)c1ccccc1COc1ccccc1I. The highest BCUT2D eigenvalue weighted by Gasteiger charge is 2.14. The normalized spacial score (nSPS) is 10.1. The van der Waals surface area contributed by atoms with Gasteiger partial charge in [-0.15, -0.1) is 0 Å². The summed E-state index contributed by atoms with van der Waals surface area (Å²) in [6.45, 7) is 6.32. The van der Waals surface area contributed by atoms with Gasteiger partial charge >= 0.3 is 5.97 Å². The van der Waals surface area contributed by atoms with E-state index in [0.717, 1.165) is 20.4 Å². The lowest BCUT2D eigenvalue weighted by Crippen LogP contribution is -2.09. The quantitative estimate of drug-likeness (QED) is 0.403. The third kappa shape index (κ3) is 4.10. The van der Waals surface area contributed by atoms with Gasteiger partial charge in [-0.3, -0.25) is 0 Å². The van der Waals surface area contributed by atoms with E-state index < -0.39 is 5.97 Å². The Morgan fingerprint density at radius 1 is 1.14 bits per heavy atom. The Morgan fingerprint density at radius 2 is 1.82 bits per heavy atom. The Bertz CT molecular complexity index is 680. The molecule has 3 nitrogen and oxygen atoms in total. The van der Waals surface area contributed by atoms with Crippen molar-refractivity contribution < 1.29 is 14.3 Å². The first-order valence-electron chi connectivity index (χ1n) is 6.95. The van der Waals surface area contributed by atoms with Crippen LogP contribution in [-0.2, 0) is 16.1 Å². The maximum Gasteiger partial charge on any atom is 0.338 e. The number of carbonyl (C=O) groups is 1. The van der Waals surface area contributed by atoms with Gasteiger partial charge in [0.05, 0.1) is 15.8 Å². The van der Waals surface area contributed by atoms with Crippen LogP contribution in [0.25, 0.3) is 5.57 Å². The Hall–Kier alpha value is -1.82. The minimum Gasteiger partial charge on any atom is -0.488 e. The number of halogens is 1. The fraction of sp³-hybridized carbons (Fsp3) is 0.167. The van der Waals surface area contributed by atoms with E-state index in [1.54, 1.807) is 6.92 Å². The highest BCUT2D eigenvalue weighted by atomic mass is 127. The molecule has 2 aromatic rings. The largest absolute Gasteiger partial charge is 0.488 e. The monoisotopic (exact) mass is 408 g/mol. The topological polar surface area (TPSA) is 35.5 Å². The molecule has 0 N–H and O–H groups in total. The molecule has 0 fully saturated rings. The lowest BCUT2D eigenvalue weighted by molar-refractivity contribution is -0.136. The van der Waals surface area contributed by atoms with Crippen molar-refractivity contribution in [3.8, 4) is 5.75 Å². The van der Waals surface area contributed by atoms with E-state index in [2.05, 4.69) is 29.2 Å². The van der Waals surface area contributed by atoms with Crippen molar-refractivity contribution in [3.05, 3.63) is 69.8 Å². The molecule has 0 atom stereocenters. The first kappa shape index (κ1) is 16.5. The maximum atomic E-state index is 11.9. The average Bonchev–Trinajstić information content (AvgIpc) is 2.54. The lowest BCUT2D eigenvalue weighted by Gasteiger charge is -2.13. The van der Waals surface area contributed by atoms with Gasteiger partial charge in [-0.1, -0.05) is 43.0 Å². The standard InChI is InChI=1S/C18H17IO3/c1-3-21-18(20)13(2)15-9-5-4-8-14(15)12-22-17-11-7-6-10-16(17)19/h4-11H,2-3,12H2,1H3. The summed E-state index contributed by atoms with van der Waals surface area (Å²) in [5.74, 6) is 0.420. The van der Waals surface area contributed by atoms with Crippen LogP contribution in [0.1, 0.15) is 18.1 Å². The van der Waals surface area contributed by atoms with E-state index in [-0.39, 0.29) is 0 Å². The lowest BCUT2D eigenvalue weighted by atomic mass is 10.0. The zero-order chi connectivity index (χ0) is 15.9. The Labute approximate surface area is 144 Å². The summed E-state index contributed by atoms with van der Waals surface area (Å²) in [6.07, 6.45) is 0. The highest BCUT2D eigenvalue weighted by Crippen LogP contribution is 2.24. The number of benzene rings is 2. The third-order valence-electron chi connectivity index (χ3n) is 3.08. The number of hydrogen-bond acceptors (Lipinski definition) is 3. The Kier molecular flexibility index (Phi) is 6.00. The molecule has 0 spiro atoms. The summed E-state index contributed by atoms with van der Waals surface area (Å²) in [5.41, 5.74) is 2.01. The fourth-order valence-corrected chi connectivity index (χ4v) is 2.53. The van der Waals surface area contributed by atoms with Crippen molar-refractivity contribution in [3.63, 3.8) is 0 Å². The third-order valence-corrected chi connectivity index (χ3v) is 3.98. The van der Waals surface area contributed by atoms with Crippen LogP contribution in [0, 0.1) is 3.57 Å². The van der Waals surface area contributed by atoms with E-state index in [0.29, 0.717) is 18.8 Å². The second kappa shape index (κ2) is 7.98. The summed E-state index contributed by atoms with van der Waals surface area (Å²) in [6, 6.07) is 15.4. The number of esters is 1. The molecule has 114 valence electrons. The van der Waals surface area contributed by atoms with Gasteiger partial charge in [0.25, 0.3) is 0 Å². The number of para-hydroxylation sites is 1. The molecule has 0 amide bonds. The van der Waals surface area contributed by atoms with Gasteiger partial charge in [0.15, 0.2) is 0 Å². The molecule has 0 aromatic heterocycles. The molecule has 0 bridgehead atoms. The Balaban J connectivity index is 2.17. The summed E-state index contributed by atoms with van der Waals surface area (Å²) in [7, 11) is 0. The summed E-state index contributed by atoms with van der Waals surface area (Å²) in [4.78, 5) is 11.9. The summed E-state index contributed by atoms with van der Waals surface area (Å²) >= 11 is 2.23. The van der Waals surface area contributed by atoms with E-state index in [9.17, 15) is 4.79 Å². The minimum absolute atomic E-state index is 0.332. The van der Waals surface area contributed by atoms with Crippen LogP contribution in [0.15, 0.2) is 55.1 Å². The second-order valence-corrected chi connectivity index (χ2v) is 5.74. The van der Waals surface area contributed by atoms with Gasteiger partial charge in [0.1, 0.15) is 12.4 Å². The molecule has 0 aliphatic rings.